The van der Waals surface area contributed by atoms with Crippen molar-refractivity contribution in [1.29, 1.82) is 0 Å². The van der Waals surface area contributed by atoms with E-state index in [9.17, 15) is 4.79 Å². The highest BCUT2D eigenvalue weighted by Gasteiger charge is 2.11. The molecule has 0 spiro atoms. The van der Waals surface area contributed by atoms with Crippen molar-refractivity contribution in [3.63, 3.8) is 0 Å². The van der Waals surface area contributed by atoms with Crippen LogP contribution in [0.2, 0.25) is 5.02 Å². The van der Waals surface area contributed by atoms with Gasteiger partial charge in [-0.05, 0) is 60.9 Å². The topological polar surface area (TPSA) is 56.1 Å². The van der Waals surface area contributed by atoms with Gasteiger partial charge < -0.3 is 14.6 Å². The summed E-state index contributed by atoms with van der Waals surface area (Å²) in [6.45, 7) is 3.98. The lowest BCUT2D eigenvalue weighted by Gasteiger charge is -2.11. The zero-order valence-corrected chi connectivity index (χ0v) is 19.5. The molecule has 0 saturated heterocycles. The van der Waals surface area contributed by atoms with Crippen molar-refractivity contribution in [2.75, 3.05) is 13.2 Å². The second-order valence-electron chi connectivity index (χ2n) is 7.88. The molecule has 0 saturated carbocycles. The zero-order chi connectivity index (χ0) is 23.0. The monoisotopic (exact) mass is 461 g/mol. The van der Waals surface area contributed by atoms with Crippen LogP contribution in [-0.2, 0) is 19.4 Å². The quantitative estimate of drug-likeness (QED) is 0.308. The van der Waals surface area contributed by atoms with Gasteiger partial charge in [0.2, 0.25) is 0 Å². The Morgan fingerprint density at radius 2 is 1.88 bits per heavy atom. The van der Waals surface area contributed by atoms with E-state index in [2.05, 4.69) is 35.0 Å². The number of nitrogens with zero attached hydrogens (tertiary/aromatic N) is 2. The predicted octanol–water partition coefficient (Wildman–Crippen LogP) is 5.69. The highest BCUT2D eigenvalue weighted by atomic mass is 35.5. The summed E-state index contributed by atoms with van der Waals surface area (Å²) < 4.78 is 8.20. The van der Waals surface area contributed by atoms with Crippen LogP contribution in [0.4, 0.5) is 0 Å². The van der Waals surface area contributed by atoms with E-state index in [1.54, 1.807) is 24.3 Å². The number of nitrogens with one attached hydrogen (secondary N) is 1. The summed E-state index contributed by atoms with van der Waals surface area (Å²) in [5, 5.41) is 3.52. The van der Waals surface area contributed by atoms with Gasteiger partial charge in [0.1, 0.15) is 18.2 Å². The Balaban J connectivity index is 1.35. The summed E-state index contributed by atoms with van der Waals surface area (Å²) in [5.74, 6) is 1.76. The first-order valence-corrected chi connectivity index (χ1v) is 11.7. The van der Waals surface area contributed by atoms with Gasteiger partial charge in [-0.25, -0.2) is 4.98 Å². The van der Waals surface area contributed by atoms with E-state index in [4.69, 9.17) is 21.3 Å². The molecule has 33 heavy (non-hydrogen) atoms. The molecule has 5 nitrogen and oxygen atoms in total. The second kappa shape index (κ2) is 11.0. The third-order valence-electron chi connectivity index (χ3n) is 5.60. The summed E-state index contributed by atoms with van der Waals surface area (Å²) in [6.07, 6.45) is 2.56. The maximum absolute atomic E-state index is 12.3. The first kappa shape index (κ1) is 22.9. The molecule has 0 atom stereocenters. The molecule has 0 aliphatic carbocycles. The molecule has 1 aromatic heterocycles. The normalized spacial score (nSPS) is 11.0. The van der Waals surface area contributed by atoms with Crippen LogP contribution in [-0.4, -0.2) is 28.6 Å². The number of halogens is 1. The van der Waals surface area contributed by atoms with Crippen LogP contribution in [0, 0.1) is 0 Å². The molecule has 0 bridgehead atoms. The fourth-order valence-electron chi connectivity index (χ4n) is 3.82. The molecule has 3 aromatic carbocycles. The minimum Gasteiger partial charge on any atom is -0.492 e. The number of benzene rings is 3. The number of imidazole rings is 1. The molecule has 1 N–H and O–H groups in total. The number of aromatic nitrogens is 2. The van der Waals surface area contributed by atoms with E-state index < -0.39 is 0 Å². The lowest BCUT2D eigenvalue weighted by molar-refractivity contribution is 0.0953. The SMILES string of the molecule is CCc1ccc(OCCn2c(CCCNC(=O)c3cccc(Cl)c3)nc3ccccc32)cc1. The Kier molecular flexibility index (Phi) is 7.63. The number of ether oxygens (including phenoxy) is 1. The Morgan fingerprint density at radius 1 is 1.06 bits per heavy atom. The van der Waals surface area contributed by atoms with Crippen LogP contribution in [0.25, 0.3) is 11.0 Å². The van der Waals surface area contributed by atoms with Crippen LogP contribution >= 0.6 is 11.6 Å². The molecule has 0 fully saturated rings. The third kappa shape index (κ3) is 5.93. The summed E-state index contributed by atoms with van der Waals surface area (Å²) in [6, 6.07) is 23.4. The number of aryl methyl sites for hydroxylation is 2. The van der Waals surface area contributed by atoms with Crippen molar-refractivity contribution in [2.24, 2.45) is 0 Å². The second-order valence-corrected chi connectivity index (χ2v) is 8.32. The highest BCUT2D eigenvalue weighted by Crippen LogP contribution is 2.18. The van der Waals surface area contributed by atoms with E-state index in [1.807, 2.05) is 30.3 Å². The van der Waals surface area contributed by atoms with Crippen molar-refractivity contribution < 1.29 is 9.53 Å². The molecular formula is C27H28ClN3O2. The van der Waals surface area contributed by atoms with Gasteiger partial charge in [-0.15, -0.1) is 0 Å². The summed E-state index contributed by atoms with van der Waals surface area (Å²) in [4.78, 5) is 17.1. The summed E-state index contributed by atoms with van der Waals surface area (Å²) >= 11 is 5.98. The zero-order valence-electron chi connectivity index (χ0n) is 18.8. The fraction of sp³-hybridized carbons (Fsp3) is 0.259. The van der Waals surface area contributed by atoms with Crippen LogP contribution < -0.4 is 10.1 Å². The Labute approximate surface area is 199 Å². The summed E-state index contributed by atoms with van der Waals surface area (Å²) in [7, 11) is 0. The number of carbonyl (C=O) groups is 1. The number of fused-ring (bicyclic) bond motifs is 1. The minimum atomic E-state index is -0.117. The van der Waals surface area contributed by atoms with Gasteiger partial charge in [0.05, 0.1) is 17.6 Å². The number of amides is 1. The lowest BCUT2D eigenvalue weighted by Crippen LogP contribution is -2.25. The van der Waals surface area contributed by atoms with Gasteiger partial charge >= 0.3 is 0 Å². The Hall–Kier alpha value is -3.31. The molecule has 6 heteroatoms. The van der Waals surface area contributed by atoms with Gasteiger partial charge in [-0.3, -0.25) is 4.79 Å². The predicted molar refractivity (Wildman–Crippen MR) is 133 cm³/mol. The van der Waals surface area contributed by atoms with Gasteiger partial charge in [0.25, 0.3) is 5.91 Å². The van der Waals surface area contributed by atoms with Crippen LogP contribution in [0.3, 0.4) is 0 Å². The lowest BCUT2D eigenvalue weighted by atomic mass is 10.2. The molecule has 1 amide bonds. The van der Waals surface area contributed by atoms with E-state index in [0.717, 1.165) is 41.9 Å². The molecule has 4 rings (SSSR count). The largest absolute Gasteiger partial charge is 0.492 e. The number of hydrogen-bond acceptors (Lipinski definition) is 3. The van der Waals surface area contributed by atoms with Crippen LogP contribution in [0.15, 0.2) is 72.8 Å². The van der Waals surface area contributed by atoms with Crippen molar-refractivity contribution in [2.45, 2.75) is 32.7 Å². The molecule has 0 unspecified atom stereocenters. The van der Waals surface area contributed by atoms with E-state index in [1.165, 1.54) is 5.56 Å². The molecule has 0 radical (unpaired) electrons. The van der Waals surface area contributed by atoms with Crippen molar-refractivity contribution in [3.8, 4) is 5.75 Å². The average Bonchev–Trinajstić information content (AvgIpc) is 3.19. The van der Waals surface area contributed by atoms with E-state index in [-0.39, 0.29) is 5.91 Å². The number of rotatable bonds is 10. The van der Waals surface area contributed by atoms with Crippen LogP contribution in [0.1, 0.15) is 35.1 Å². The number of hydrogen-bond donors (Lipinski definition) is 1. The van der Waals surface area contributed by atoms with Gasteiger partial charge in [0.15, 0.2) is 0 Å². The first-order chi connectivity index (χ1) is 16.1. The first-order valence-electron chi connectivity index (χ1n) is 11.3. The molecule has 4 aromatic rings. The number of para-hydroxylation sites is 2. The summed E-state index contributed by atoms with van der Waals surface area (Å²) in [5.41, 5.74) is 3.94. The number of carbonyl (C=O) groups excluding carboxylic acids is 1. The van der Waals surface area contributed by atoms with Gasteiger partial charge in [-0.2, -0.15) is 0 Å². The average molecular weight is 462 g/mol. The Bertz CT molecular complexity index is 1220. The minimum absolute atomic E-state index is 0.117. The Morgan fingerprint density at radius 3 is 2.67 bits per heavy atom. The van der Waals surface area contributed by atoms with Gasteiger partial charge in [-0.1, -0.05) is 48.9 Å². The van der Waals surface area contributed by atoms with Gasteiger partial charge in [0, 0.05) is 23.6 Å². The molecule has 0 aliphatic heterocycles. The highest BCUT2D eigenvalue weighted by molar-refractivity contribution is 6.30. The maximum atomic E-state index is 12.3. The molecule has 0 aliphatic rings. The van der Waals surface area contributed by atoms with Crippen LogP contribution in [0.5, 0.6) is 5.75 Å². The fourth-order valence-corrected chi connectivity index (χ4v) is 4.01. The molecule has 1 heterocycles. The van der Waals surface area contributed by atoms with Crippen molar-refractivity contribution >= 4 is 28.5 Å². The maximum Gasteiger partial charge on any atom is 0.251 e. The smallest absolute Gasteiger partial charge is 0.251 e. The molecular weight excluding hydrogens is 434 g/mol. The molecule has 170 valence electrons. The third-order valence-corrected chi connectivity index (χ3v) is 5.83. The standard InChI is InChI=1S/C27H28ClN3O2/c1-2-20-12-14-23(15-13-20)33-18-17-31-25-10-4-3-9-24(25)30-26(31)11-6-16-29-27(32)21-7-5-8-22(28)19-21/h3-5,7-10,12-15,19H,2,6,11,16-18H2,1H3,(H,29,32). The van der Waals surface area contributed by atoms with Crippen molar-refractivity contribution in [1.82, 2.24) is 14.9 Å². The van der Waals surface area contributed by atoms with Crippen molar-refractivity contribution in [3.05, 3.63) is 94.8 Å². The van der Waals surface area contributed by atoms with E-state index in [0.29, 0.717) is 30.3 Å². The van der Waals surface area contributed by atoms with E-state index >= 15 is 0 Å².